The molecule has 2 aromatic rings. The van der Waals surface area contributed by atoms with E-state index in [4.69, 9.17) is 10.5 Å². The van der Waals surface area contributed by atoms with E-state index in [-0.39, 0.29) is 18.2 Å². The van der Waals surface area contributed by atoms with Gasteiger partial charge in [-0.2, -0.15) is 0 Å². The molecule has 0 atom stereocenters. The topological polar surface area (TPSA) is 64.3 Å². The fraction of sp³-hybridized carbons (Fsp3) is 0.208. The second-order valence-corrected chi connectivity index (χ2v) is 7.00. The summed E-state index contributed by atoms with van der Waals surface area (Å²) in [5.41, 5.74) is 9.37. The normalized spacial score (nSPS) is 14.0. The molecular weight excluding hydrogens is 367 g/mol. The van der Waals surface area contributed by atoms with E-state index in [0.717, 1.165) is 16.9 Å². The van der Waals surface area contributed by atoms with Crippen molar-refractivity contribution < 1.29 is 13.9 Å². The van der Waals surface area contributed by atoms with E-state index in [9.17, 15) is 9.18 Å². The van der Waals surface area contributed by atoms with Crippen molar-refractivity contribution in [2.45, 2.75) is 33.2 Å². The minimum Gasteiger partial charge on any atom is -0.457 e. The van der Waals surface area contributed by atoms with Gasteiger partial charge in [0.05, 0.1) is 5.57 Å². The van der Waals surface area contributed by atoms with Gasteiger partial charge in [-0.25, -0.2) is 4.39 Å². The summed E-state index contributed by atoms with van der Waals surface area (Å²) >= 11 is 0. The quantitative estimate of drug-likeness (QED) is 0.709. The number of benzene rings is 2. The molecule has 0 radical (unpaired) electrons. The fourth-order valence-corrected chi connectivity index (χ4v) is 3.05. The first-order valence-electron chi connectivity index (χ1n) is 9.62. The summed E-state index contributed by atoms with van der Waals surface area (Å²) < 4.78 is 19.8. The lowest BCUT2D eigenvalue weighted by atomic mass is 10.1. The van der Waals surface area contributed by atoms with Crippen LogP contribution in [0.3, 0.4) is 0 Å². The Morgan fingerprint density at radius 1 is 1.14 bits per heavy atom. The number of nitrogens with two attached hydrogens (primary N) is 1. The molecule has 0 aliphatic heterocycles. The third-order valence-electron chi connectivity index (χ3n) is 4.76. The van der Waals surface area contributed by atoms with Crippen LogP contribution in [0.15, 0.2) is 83.4 Å². The average molecular weight is 392 g/mol. The summed E-state index contributed by atoms with van der Waals surface area (Å²) in [4.78, 5) is 12.6. The molecule has 1 aliphatic rings. The SMILES string of the molecule is CCC1=C(F)C=CC(C(=O)NCc2cccc(Oc3ccc(C)cc3)c2)=C(N)C1. The van der Waals surface area contributed by atoms with E-state index < -0.39 is 0 Å². The van der Waals surface area contributed by atoms with E-state index in [1.807, 2.05) is 62.4 Å². The molecule has 0 unspecified atom stereocenters. The zero-order valence-corrected chi connectivity index (χ0v) is 16.7. The number of amides is 1. The molecule has 4 nitrogen and oxygen atoms in total. The molecule has 150 valence electrons. The minimum absolute atomic E-state index is 0.262. The first kappa shape index (κ1) is 20.4. The molecule has 0 heterocycles. The van der Waals surface area contributed by atoms with Crippen molar-refractivity contribution in [2.75, 3.05) is 0 Å². The van der Waals surface area contributed by atoms with Crippen molar-refractivity contribution in [3.63, 3.8) is 0 Å². The first-order valence-corrected chi connectivity index (χ1v) is 9.62. The lowest BCUT2D eigenvalue weighted by Gasteiger charge is -2.11. The maximum absolute atomic E-state index is 14.0. The fourth-order valence-electron chi connectivity index (χ4n) is 3.05. The number of hydrogen-bond donors (Lipinski definition) is 2. The summed E-state index contributed by atoms with van der Waals surface area (Å²) in [5.74, 6) is 0.792. The summed E-state index contributed by atoms with van der Waals surface area (Å²) in [5, 5.41) is 2.85. The van der Waals surface area contributed by atoms with Crippen LogP contribution in [0.2, 0.25) is 0 Å². The zero-order chi connectivity index (χ0) is 20.8. The van der Waals surface area contributed by atoms with Gasteiger partial charge in [0.15, 0.2) is 0 Å². The smallest absolute Gasteiger partial charge is 0.253 e. The van der Waals surface area contributed by atoms with Gasteiger partial charge in [0.1, 0.15) is 17.3 Å². The third kappa shape index (κ3) is 5.35. The van der Waals surface area contributed by atoms with Crippen molar-refractivity contribution in [1.29, 1.82) is 0 Å². The van der Waals surface area contributed by atoms with Crippen LogP contribution < -0.4 is 15.8 Å². The van der Waals surface area contributed by atoms with Gasteiger partial charge < -0.3 is 15.8 Å². The second kappa shape index (κ2) is 9.24. The number of allylic oxidation sites excluding steroid dienone is 3. The van der Waals surface area contributed by atoms with Crippen molar-refractivity contribution in [1.82, 2.24) is 5.32 Å². The number of carbonyl (C=O) groups excluding carboxylic acids is 1. The number of aryl methyl sites for hydroxylation is 1. The highest BCUT2D eigenvalue weighted by atomic mass is 19.1. The molecule has 0 saturated carbocycles. The van der Waals surface area contributed by atoms with Gasteiger partial charge in [-0.1, -0.05) is 36.8 Å². The maximum Gasteiger partial charge on any atom is 0.253 e. The van der Waals surface area contributed by atoms with Crippen LogP contribution >= 0.6 is 0 Å². The standard InChI is InChI=1S/C24H25FN2O2/c1-3-18-14-23(26)21(11-12-22(18)25)24(28)27-15-17-5-4-6-20(13-17)29-19-9-7-16(2)8-10-19/h4-13H,3,14-15,26H2,1-2H3,(H,27,28). The molecule has 3 rings (SSSR count). The van der Waals surface area contributed by atoms with Crippen molar-refractivity contribution in [2.24, 2.45) is 5.73 Å². The van der Waals surface area contributed by atoms with Crippen LogP contribution in [0.5, 0.6) is 11.5 Å². The molecule has 29 heavy (non-hydrogen) atoms. The molecule has 0 fully saturated rings. The van der Waals surface area contributed by atoms with Crippen LogP contribution in [-0.4, -0.2) is 5.91 Å². The summed E-state index contributed by atoms with van der Waals surface area (Å²) in [6.07, 6.45) is 3.57. The van der Waals surface area contributed by atoms with Gasteiger partial charge in [0.2, 0.25) is 0 Å². The van der Waals surface area contributed by atoms with E-state index in [1.165, 1.54) is 12.2 Å². The lowest BCUT2D eigenvalue weighted by molar-refractivity contribution is -0.117. The monoisotopic (exact) mass is 392 g/mol. The Labute approximate surface area is 170 Å². The number of ether oxygens (including phenoxy) is 1. The van der Waals surface area contributed by atoms with Crippen LogP contribution in [0.25, 0.3) is 0 Å². The Kier molecular flexibility index (Phi) is 6.50. The number of nitrogens with one attached hydrogen (secondary N) is 1. The lowest BCUT2D eigenvalue weighted by Crippen LogP contribution is -2.26. The van der Waals surface area contributed by atoms with Crippen molar-refractivity contribution >= 4 is 5.91 Å². The summed E-state index contributed by atoms with van der Waals surface area (Å²) in [6.45, 7) is 4.20. The second-order valence-electron chi connectivity index (χ2n) is 7.00. The molecule has 5 heteroatoms. The number of halogens is 1. The Hall–Kier alpha value is -3.34. The highest BCUT2D eigenvalue weighted by molar-refractivity contribution is 5.97. The van der Waals surface area contributed by atoms with Gasteiger partial charge in [-0.05, 0) is 60.9 Å². The summed E-state index contributed by atoms with van der Waals surface area (Å²) in [7, 11) is 0. The van der Waals surface area contributed by atoms with Gasteiger partial charge in [0.25, 0.3) is 5.91 Å². The molecule has 3 N–H and O–H groups in total. The highest BCUT2D eigenvalue weighted by Crippen LogP contribution is 2.25. The highest BCUT2D eigenvalue weighted by Gasteiger charge is 2.16. The molecule has 1 amide bonds. The van der Waals surface area contributed by atoms with Crippen molar-refractivity contribution in [3.05, 3.63) is 94.5 Å². The molecule has 0 spiro atoms. The molecule has 1 aliphatic carbocycles. The van der Waals surface area contributed by atoms with E-state index >= 15 is 0 Å². The predicted octanol–water partition coefficient (Wildman–Crippen LogP) is 5.21. The first-order chi connectivity index (χ1) is 14.0. The minimum atomic E-state index is -0.325. The average Bonchev–Trinajstić information content (AvgIpc) is 2.86. The van der Waals surface area contributed by atoms with Crippen LogP contribution in [-0.2, 0) is 11.3 Å². The Bertz CT molecular complexity index is 988. The van der Waals surface area contributed by atoms with Gasteiger partial charge in [-0.3, -0.25) is 4.79 Å². The Morgan fingerprint density at radius 3 is 2.62 bits per heavy atom. The third-order valence-corrected chi connectivity index (χ3v) is 4.76. The number of carbonyl (C=O) groups is 1. The van der Waals surface area contributed by atoms with Crippen LogP contribution in [0.4, 0.5) is 4.39 Å². The van der Waals surface area contributed by atoms with Crippen molar-refractivity contribution in [3.8, 4) is 11.5 Å². The maximum atomic E-state index is 14.0. The van der Waals surface area contributed by atoms with Crippen LogP contribution in [0.1, 0.15) is 30.9 Å². The molecule has 0 aromatic heterocycles. The Morgan fingerprint density at radius 2 is 1.90 bits per heavy atom. The molecule has 0 bridgehead atoms. The van der Waals surface area contributed by atoms with Crippen LogP contribution in [0, 0.1) is 6.92 Å². The van der Waals surface area contributed by atoms with Gasteiger partial charge in [0, 0.05) is 18.7 Å². The molecular formula is C24H25FN2O2. The molecule has 2 aromatic carbocycles. The summed E-state index contributed by atoms with van der Waals surface area (Å²) in [6, 6.07) is 15.3. The zero-order valence-electron chi connectivity index (χ0n) is 16.7. The van der Waals surface area contributed by atoms with Gasteiger partial charge in [-0.15, -0.1) is 0 Å². The number of rotatable bonds is 6. The number of hydrogen-bond acceptors (Lipinski definition) is 3. The van der Waals surface area contributed by atoms with E-state index in [1.54, 1.807) is 0 Å². The van der Waals surface area contributed by atoms with E-state index in [2.05, 4.69) is 5.32 Å². The van der Waals surface area contributed by atoms with E-state index in [0.29, 0.717) is 35.6 Å². The largest absolute Gasteiger partial charge is 0.457 e. The van der Waals surface area contributed by atoms with Gasteiger partial charge >= 0.3 is 0 Å². The predicted molar refractivity (Wildman–Crippen MR) is 113 cm³/mol. The Balaban J connectivity index is 1.65. The molecule has 0 saturated heterocycles.